The molecule has 2 rings (SSSR count). The monoisotopic (exact) mass is 269 g/mol. The second kappa shape index (κ2) is 3.95. The Morgan fingerprint density at radius 2 is 2.53 bits per heavy atom. The summed E-state index contributed by atoms with van der Waals surface area (Å²) in [6, 6.07) is 2.23. The van der Waals surface area contributed by atoms with E-state index in [9.17, 15) is 0 Å². The van der Waals surface area contributed by atoms with Gasteiger partial charge in [-0.15, -0.1) is 0 Å². The summed E-state index contributed by atoms with van der Waals surface area (Å²) in [7, 11) is 1.71. The normalized spacial score (nSPS) is 29.5. The largest absolute Gasteiger partial charge is 0.381 e. The Bertz CT molecular complexity index is 390. The quantitative estimate of drug-likeness (QED) is 0.844. The number of ether oxygens (including phenoxy) is 1. The molecule has 1 aliphatic carbocycles. The van der Waals surface area contributed by atoms with Gasteiger partial charge in [-0.1, -0.05) is 0 Å². The van der Waals surface area contributed by atoms with Crippen molar-refractivity contribution in [3.63, 3.8) is 0 Å². The molecule has 1 aromatic heterocycles. The fourth-order valence-corrected chi connectivity index (χ4v) is 2.36. The lowest BCUT2D eigenvalue weighted by Gasteiger charge is -2.45. The van der Waals surface area contributed by atoms with Gasteiger partial charge in [-0.2, -0.15) is 10.4 Å². The van der Waals surface area contributed by atoms with Gasteiger partial charge < -0.3 is 4.74 Å². The maximum Gasteiger partial charge on any atom is 0.0806 e. The standard InChI is InChI=1S/C10H12BrN3O/c1-15-9-4-10(5-9,2-3-12)14-7-8(11)6-13-14/h6-7,9H,2,4-5H2,1H3/t9-,10+. The number of rotatable bonds is 3. The van der Waals surface area contributed by atoms with Crippen LogP contribution in [0.4, 0.5) is 0 Å². The summed E-state index contributed by atoms with van der Waals surface area (Å²) < 4.78 is 8.08. The van der Waals surface area contributed by atoms with Crippen LogP contribution in [0.1, 0.15) is 19.3 Å². The number of nitrogens with zero attached hydrogens (tertiary/aromatic N) is 3. The van der Waals surface area contributed by atoms with E-state index in [1.54, 1.807) is 13.3 Å². The first kappa shape index (κ1) is 10.7. The smallest absolute Gasteiger partial charge is 0.0806 e. The molecule has 0 unspecified atom stereocenters. The Hall–Kier alpha value is -0.860. The fourth-order valence-electron chi connectivity index (χ4n) is 2.07. The Morgan fingerprint density at radius 3 is 3.00 bits per heavy atom. The second-order valence-corrected chi connectivity index (χ2v) is 4.84. The zero-order chi connectivity index (χ0) is 10.9. The van der Waals surface area contributed by atoms with E-state index >= 15 is 0 Å². The molecule has 0 bridgehead atoms. The second-order valence-electron chi connectivity index (χ2n) is 3.93. The molecule has 0 atom stereocenters. The maximum atomic E-state index is 8.85. The molecular weight excluding hydrogens is 258 g/mol. The third kappa shape index (κ3) is 1.80. The van der Waals surface area contributed by atoms with E-state index < -0.39 is 0 Å². The van der Waals surface area contributed by atoms with Crippen molar-refractivity contribution < 1.29 is 4.74 Å². The number of nitriles is 1. The number of methoxy groups -OCH3 is 1. The van der Waals surface area contributed by atoms with Crippen LogP contribution in [0.5, 0.6) is 0 Å². The summed E-state index contributed by atoms with van der Waals surface area (Å²) in [5.41, 5.74) is -0.151. The van der Waals surface area contributed by atoms with E-state index in [2.05, 4.69) is 27.1 Å². The van der Waals surface area contributed by atoms with Crippen molar-refractivity contribution >= 4 is 15.9 Å². The average molecular weight is 270 g/mol. The van der Waals surface area contributed by atoms with Crippen molar-refractivity contribution in [3.05, 3.63) is 16.9 Å². The SMILES string of the molecule is CO[C@H]1C[C@@](CC#N)(n2cc(Br)cn2)C1. The van der Waals surface area contributed by atoms with Gasteiger partial charge >= 0.3 is 0 Å². The zero-order valence-corrected chi connectivity index (χ0v) is 10.1. The summed E-state index contributed by atoms with van der Waals surface area (Å²) in [4.78, 5) is 0. The summed E-state index contributed by atoms with van der Waals surface area (Å²) in [6.45, 7) is 0. The fraction of sp³-hybridized carbons (Fsp3) is 0.600. The van der Waals surface area contributed by atoms with Gasteiger partial charge in [0, 0.05) is 13.3 Å². The molecule has 4 nitrogen and oxygen atoms in total. The van der Waals surface area contributed by atoms with E-state index in [4.69, 9.17) is 10.00 Å². The number of hydrogen-bond donors (Lipinski definition) is 0. The summed E-state index contributed by atoms with van der Waals surface area (Å²) in [5, 5.41) is 13.1. The zero-order valence-electron chi connectivity index (χ0n) is 8.48. The van der Waals surface area contributed by atoms with Gasteiger partial charge in [0.1, 0.15) is 0 Å². The first-order valence-electron chi connectivity index (χ1n) is 4.80. The molecule has 0 aromatic carbocycles. The molecule has 1 saturated carbocycles. The van der Waals surface area contributed by atoms with Crippen LogP contribution in [0.25, 0.3) is 0 Å². The minimum atomic E-state index is -0.151. The first-order valence-corrected chi connectivity index (χ1v) is 5.60. The van der Waals surface area contributed by atoms with Crippen molar-refractivity contribution in [2.75, 3.05) is 7.11 Å². The summed E-state index contributed by atoms with van der Waals surface area (Å²) in [5.74, 6) is 0. The van der Waals surface area contributed by atoms with Gasteiger partial charge in [0.05, 0.1) is 34.8 Å². The molecule has 1 aliphatic rings. The molecule has 1 heterocycles. The minimum Gasteiger partial charge on any atom is -0.381 e. The minimum absolute atomic E-state index is 0.151. The Balaban J connectivity index is 2.19. The first-order chi connectivity index (χ1) is 7.20. The Labute approximate surface area is 97.0 Å². The van der Waals surface area contributed by atoms with E-state index in [1.807, 2.05) is 10.9 Å². The van der Waals surface area contributed by atoms with Crippen molar-refractivity contribution in [2.24, 2.45) is 0 Å². The van der Waals surface area contributed by atoms with Crippen LogP contribution in [0.15, 0.2) is 16.9 Å². The van der Waals surface area contributed by atoms with Crippen molar-refractivity contribution in [1.29, 1.82) is 5.26 Å². The van der Waals surface area contributed by atoms with Crippen LogP contribution in [0.3, 0.4) is 0 Å². The number of hydrogen-bond acceptors (Lipinski definition) is 3. The lowest BCUT2D eigenvalue weighted by Crippen LogP contribution is -2.50. The van der Waals surface area contributed by atoms with E-state index in [-0.39, 0.29) is 11.6 Å². The molecule has 1 aromatic rings. The predicted molar refractivity (Wildman–Crippen MR) is 58.2 cm³/mol. The molecule has 0 spiro atoms. The third-order valence-corrected chi connectivity index (χ3v) is 3.40. The van der Waals surface area contributed by atoms with E-state index in [0.29, 0.717) is 6.42 Å². The molecule has 1 fully saturated rings. The van der Waals surface area contributed by atoms with Crippen LogP contribution in [0, 0.1) is 11.3 Å². The maximum absolute atomic E-state index is 8.85. The molecule has 0 amide bonds. The summed E-state index contributed by atoms with van der Waals surface area (Å²) in [6.07, 6.45) is 6.15. The highest BCUT2D eigenvalue weighted by Crippen LogP contribution is 2.43. The lowest BCUT2D eigenvalue weighted by atomic mass is 9.72. The lowest BCUT2D eigenvalue weighted by molar-refractivity contribution is -0.0542. The number of halogens is 1. The average Bonchev–Trinajstić information content (AvgIpc) is 2.58. The Morgan fingerprint density at radius 1 is 1.80 bits per heavy atom. The van der Waals surface area contributed by atoms with Crippen molar-refractivity contribution in [2.45, 2.75) is 30.9 Å². The van der Waals surface area contributed by atoms with E-state index in [0.717, 1.165) is 17.3 Å². The molecule has 80 valence electrons. The van der Waals surface area contributed by atoms with Crippen LogP contribution in [0.2, 0.25) is 0 Å². The summed E-state index contributed by atoms with van der Waals surface area (Å²) >= 11 is 3.36. The van der Waals surface area contributed by atoms with Crippen LogP contribution in [-0.2, 0) is 10.3 Å². The molecule has 0 saturated heterocycles. The van der Waals surface area contributed by atoms with Crippen LogP contribution >= 0.6 is 15.9 Å². The molecule has 5 heteroatoms. The topological polar surface area (TPSA) is 50.8 Å². The van der Waals surface area contributed by atoms with Gasteiger partial charge in [-0.05, 0) is 28.8 Å². The third-order valence-electron chi connectivity index (χ3n) is 2.99. The van der Waals surface area contributed by atoms with Gasteiger partial charge in [0.15, 0.2) is 0 Å². The van der Waals surface area contributed by atoms with Crippen molar-refractivity contribution in [3.8, 4) is 6.07 Å². The van der Waals surface area contributed by atoms with E-state index in [1.165, 1.54) is 0 Å². The van der Waals surface area contributed by atoms with Gasteiger partial charge in [0.2, 0.25) is 0 Å². The predicted octanol–water partition coefficient (Wildman–Crippen LogP) is 2.06. The van der Waals surface area contributed by atoms with Gasteiger partial charge in [-0.25, -0.2) is 0 Å². The molecule has 0 N–H and O–H groups in total. The number of aromatic nitrogens is 2. The molecule has 15 heavy (non-hydrogen) atoms. The molecule has 0 radical (unpaired) electrons. The highest BCUT2D eigenvalue weighted by Gasteiger charge is 2.46. The Kier molecular flexibility index (Phi) is 2.81. The molecule has 0 aliphatic heterocycles. The van der Waals surface area contributed by atoms with Crippen LogP contribution in [-0.4, -0.2) is 23.0 Å². The van der Waals surface area contributed by atoms with Crippen LogP contribution < -0.4 is 0 Å². The highest BCUT2D eigenvalue weighted by molar-refractivity contribution is 9.10. The molecular formula is C10H12BrN3O. The highest BCUT2D eigenvalue weighted by atomic mass is 79.9. The van der Waals surface area contributed by atoms with Crippen molar-refractivity contribution in [1.82, 2.24) is 9.78 Å². The van der Waals surface area contributed by atoms with Gasteiger partial charge in [0.25, 0.3) is 0 Å². The van der Waals surface area contributed by atoms with Gasteiger partial charge in [-0.3, -0.25) is 4.68 Å².